The first-order valence-electron chi connectivity index (χ1n) is 7.83. The zero-order valence-electron chi connectivity index (χ0n) is 13.8. The summed E-state index contributed by atoms with van der Waals surface area (Å²) in [7, 11) is 0. The summed E-state index contributed by atoms with van der Waals surface area (Å²) < 4.78 is 0. The van der Waals surface area contributed by atoms with Crippen LogP contribution in [0.4, 0.5) is 0 Å². The highest BCUT2D eigenvalue weighted by atomic mass is 15.1. The lowest BCUT2D eigenvalue weighted by atomic mass is 9.88. The van der Waals surface area contributed by atoms with Gasteiger partial charge in [-0.2, -0.15) is 0 Å². The standard InChI is InChI=1S/C13H23N.2C2H6/c1-4-7-12(5-2)13-8-10-14(6-3)11-9-13;2*1-2/h4-5,7,13H,6,8-11H2,1-3H3;2*1-2H3/b7-4-,12-5+;;. The Bertz CT molecular complexity index is 208. The van der Waals surface area contributed by atoms with Crippen molar-refractivity contribution in [2.24, 2.45) is 5.92 Å². The predicted octanol–water partition coefficient (Wildman–Crippen LogP) is 5.29. The van der Waals surface area contributed by atoms with Gasteiger partial charge in [0.15, 0.2) is 0 Å². The highest BCUT2D eigenvalue weighted by molar-refractivity contribution is 5.21. The van der Waals surface area contributed by atoms with E-state index in [1.54, 1.807) is 0 Å². The minimum atomic E-state index is 0.805. The molecule has 0 radical (unpaired) electrons. The van der Waals surface area contributed by atoms with Crippen molar-refractivity contribution in [1.29, 1.82) is 0 Å². The van der Waals surface area contributed by atoms with Crippen LogP contribution >= 0.6 is 0 Å². The van der Waals surface area contributed by atoms with E-state index in [2.05, 4.69) is 43.9 Å². The number of likely N-dealkylation sites (tertiary alicyclic amines) is 1. The van der Waals surface area contributed by atoms with Crippen molar-refractivity contribution >= 4 is 0 Å². The van der Waals surface area contributed by atoms with Crippen molar-refractivity contribution in [3.05, 3.63) is 23.8 Å². The molecule has 1 rings (SSSR count). The van der Waals surface area contributed by atoms with E-state index < -0.39 is 0 Å². The second-order valence-corrected chi connectivity index (χ2v) is 4.00. The van der Waals surface area contributed by atoms with Gasteiger partial charge >= 0.3 is 0 Å². The second-order valence-electron chi connectivity index (χ2n) is 4.00. The number of piperidine rings is 1. The molecule has 108 valence electrons. The molecule has 0 aliphatic carbocycles. The summed E-state index contributed by atoms with van der Waals surface area (Å²) in [6.45, 7) is 18.3. The largest absolute Gasteiger partial charge is 0.304 e. The molecule has 18 heavy (non-hydrogen) atoms. The van der Waals surface area contributed by atoms with Crippen molar-refractivity contribution in [3.8, 4) is 0 Å². The Morgan fingerprint density at radius 1 is 1.06 bits per heavy atom. The van der Waals surface area contributed by atoms with E-state index in [1.165, 1.54) is 38.0 Å². The molecule has 0 unspecified atom stereocenters. The van der Waals surface area contributed by atoms with Crippen LogP contribution in [0.1, 0.15) is 61.3 Å². The van der Waals surface area contributed by atoms with Gasteiger partial charge in [-0.3, -0.25) is 0 Å². The molecule has 1 heteroatoms. The maximum Gasteiger partial charge on any atom is -0.00130 e. The van der Waals surface area contributed by atoms with Gasteiger partial charge in [0.05, 0.1) is 0 Å². The Kier molecular flexibility index (Phi) is 15.9. The first kappa shape index (κ1) is 19.8. The van der Waals surface area contributed by atoms with Crippen molar-refractivity contribution in [3.63, 3.8) is 0 Å². The highest BCUT2D eigenvalue weighted by Gasteiger charge is 2.19. The molecule has 0 aromatic heterocycles. The molecule has 0 amide bonds. The molecule has 1 nitrogen and oxygen atoms in total. The quantitative estimate of drug-likeness (QED) is 0.617. The SMILES string of the molecule is C/C=C\C(=C/C)C1CCN(CC)CC1.CC.CC. The summed E-state index contributed by atoms with van der Waals surface area (Å²) in [4.78, 5) is 2.54. The smallest absolute Gasteiger partial charge is 0.00130 e. The fourth-order valence-corrected chi connectivity index (χ4v) is 2.24. The third-order valence-corrected chi connectivity index (χ3v) is 3.20. The maximum absolute atomic E-state index is 2.54. The second kappa shape index (κ2) is 14.5. The van der Waals surface area contributed by atoms with Crippen LogP contribution in [0.25, 0.3) is 0 Å². The van der Waals surface area contributed by atoms with Crippen LogP contribution in [0, 0.1) is 5.92 Å². The molecule has 0 N–H and O–H groups in total. The van der Waals surface area contributed by atoms with Gasteiger partial charge in [-0.05, 0) is 57.8 Å². The number of rotatable bonds is 3. The highest BCUT2D eigenvalue weighted by Crippen LogP contribution is 2.25. The number of allylic oxidation sites excluding steroid dienone is 4. The Hall–Kier alpha value is -0.560. The normalized spacial score (nSPS) is 17.8. The van der Waals surface area contributed by atoms with Crippen LogP contribution in [-0.4, -0.2) is 24.5 Å². The summed E-state index contributed by atoms with van der Waals surface area (Å²) in [5, 5.41) is 0. The van der Waals surface area contributed by atoms with Gasteiger partial charge in [0.2, 0.25) is 0 Å². The van der Waals surface area contributed by atoms with Crippen LogP contribution in [0.15, 0.2) is 23.8 Å². The average Bonchev–Trinajstić information content (AvgIpc) is 2.49. The lowest BCUT2D eigenvalue weighted by Gasteiger charge is -2.31. The molecule has 0 aromatic carbocycles. The summed E-state index contributed by atoms with van der Waals surface area (Å²) >= 11 is 0. The third-order valence-electron chi connectivity index (χ3n) is 3.20. The van der Waals surface area contributed by atoms with E-state index in [4.69, 9.17) is 0 Å². The van der Waals surface area contributed by atoms with Crippen LogP contribution in [0.3, 0.4) is 0 Å². The fraction of sp³-hybridized carbons (Fsp3) is 0.765. The molecule has 0 saturated carbocycles. The molecule has 0 bridgehead atoms. The minimum Gasteiger partial charge on any atom is -0.304 e. The topological polar surface area (TPSA) is 3.24 Å². The maximum atomic E-state index is 2.54. The van der Waals surface area contributed by atoms with Gasteiger partial charge in [0, 0.05) is 0 Å². The van der Waals surface area contributed by atoms with Crippen molar-refractivity contribution < 1.29 is 0 Å². The summed E-state index contributed by atoms with van der Waals surface area (Å²) in [6.07, 6.45) is 9.36. The molecule has 1 heterocycles. The molecule has 0 aromatic rings. The van der Waals surface area contributed by atoms with Crippen molar-refractivity contribution in [2.75, 3.05) is 19.6 Å². The van der Waals surface area contributed by atoms with Crippen molar-refractivity contribution in [1.82, 2.24) is 4.90 Å². The van der Waals surface area contributed by atoms with Crippen LogP contribution < -0.4 is 0 Å². The van der Waals surface area contributed by atoms with E-state index in [0.717, 1.165) is 5.92 Å². The Balaban J connectivity index is 0. The van der Waals surface area contributed by atoms with Gasteiger partial charge in [-0.25, -0.2) is 0 Å². The van der Waals surface area contributed by atoms with E-state index in [-0.39, 0.29) is 0 Å². The molecule has 1 aliphatic heterocycles. The Morgan fingerprint density at radius 3 is 1.89 bits per heavy atom. The van der Waals surface area contributed by atoms with Crippen LogP contribution in [0.2, 0.25) is 0 Å². The lowest BCUT2D eigenvalue weighted by Crippen LogP contribution is -2.33. The Morgan fingerprint density at radius 2 is 1.56 bits per heavy atom. The van der Waals surface area contributed by atoms with E-state index >= 15 is 0 Å². The van der Waals surface area contributed by atoms with E-state index in [9.17, 15) is 0 Å². The van der Waals surface area contributed by atoms with E-state index in [0.29, 0.717) is 0 Å². The molecule has 1 aliphatic rings. The van der Waals surface area contributed by atoms with Crippen LogP contribution in [0.5, 0.6) is 0 Å². The lowest BCUT2D eigenvalue weighted by molar-refractivity contribution is 0.209. The Labute approximate surface area is 116 Å². The third kappa shape index (κ3) is 7.71. The molecule has 1 saturated heterocycles. The summed E-state index contributed by atoms with van der Waals surface area (Å²) in [5.74, 6) is 0.805. The molecule has 0 spiro atoms. The molecular weight excluding hydrogens is 218 g/mol. The number of hydrogen-bond donors (Lipinski definition) is 0. The van der Waals surface area contributed by atoms with Gasteiger partial charge in [-0.15, -0.1) is 0 Å². The van der Waals surface area contributed by atoms with Gasteiger partial charge < -0.3 is 4.90 Å². The summed E-state index contributed by atoms with van der Waals surface area (Å²) in [5.41, 5.74) is 1.53. The molecule has 0 atom stereocenters. The zero-order valence-corrected chi connectivity index (χ0v) is 13.8. The van der Waals surface area contributed by atoms with Crippen molar-refractivity contribution in [2.45, 2.75) is 61.3 Å². The van der Waals surface area contributed by atoms with E-state index in [1.807, 2.05) is 27.7 Å². The van der Waals surface area contributed by atoms with Gasteiger partial charge in [0.1, 0.15) is 0 Å². The number of hydrogen-bond acceptors (Lipinski definition) is 1. The first-order chi connectivity index (χ1) is 8.81. The predicted molar refractivity (Wildman–Crippen MR) is 86.1 cm³/mol. The minimum absolute atomic E-state index is 0.805. The molecule has 1 fully saturated rings. The first-order valence-corrected chi connectivity index (χ1v) is 7.83. The average molecular weight is 253 g/mol. The van der Waals surface area contributed by atoms with Crippen LogP contribution in [-0.2, 0) is 0 Å². The van der Waals surface area contributed by atoms with Gasteiger partial charge in [-0.1, -0.05) is 52.8 Å². The monoisotopic (exact) mass is 253 g/mol. The van der Waals surface area contributed by atoms with Gasteiger partial charge in [0.25, 0.3) is 0 Å². The fourth-order valence-electron chi connectivity index (χ4n) is 2.24. The number of nitrogens with zero attached hydrogens (tertiary/aromatic N) is 1. The zero-order chi connectivity index (χ0) is 14.4. The molecular formula is C17H35N. The summed E-state index contributed by atoms with van der Waals surface area (Å²) in [6, 6.07) is 0.